The van der Waals surface area contributed by atoms with Gasteiger partial charge in [-0.1, -0.05) is 129 Å². The zero-order chi connectivity index (χ0) is 37.7. The molecular weight excluding hydrogens is 675 g/mol. The minimum atomic E-state index is -0.287. The van der Waals surface area contributed by atoms with Gasteiger partial charge in [-0.25, -0.2) is 0 Å². The Morgan fingerprint density at radius 1 is 0.600 bits per heavy atom. The van der Waals surface area contributed by atoms with E-state index in [-0.39, 0.29) is 5.41 Å². The first kappa shape index (κ1) is 33.8. The van der Waals surface area contributed by atoms with Crippen LogP contribution in [0.3, 0.4) is 0 Å². The normalized spacial score (nSPS) is 15.0. The summed E-state index contributed by atoms with van der Waals surface area (Å²) in [5, 5.41) is 13.6. The molecule has 0 unspecified atom stereocenters. The number of allylic oxidation sites excluding steroid dienone is 3. The van der Waals surface area contributed by atoms with Gasteiger partial charge < -0.3 is 19.5 Å². The molecule has 0 saturated carbocycles. The molecule has 5 heteroatoms. The number of aliphatic imine (C=N–C) groups is 1. The van der Waals surface area contributed by atoms with E-state index in [0.717, 1.165) is 62.1 Å². The molecule has 1 N–H and O–H groups in total. The summed E-state index contributed by atoms with van der Waals surface area (Å²) < 4.78 is 14.4. The molecule has 0 spiro atoms. The fourth-order valence-corrected chi connectivity index (χ4v) is 8.13. The molecule has 2 aliphatic rings. The number of para-hydroxylation sites is 2. The molecule has 1 aliphatic heterocycles. The first-order chi connectivity index (χ1) is 26.8. The van der Waals surface area contributed by atoms with Crippen molar-refractivity contribution in [2.45, 2.75) is 13.8 Å². The number of hydrogen-bond donors (Lipinski definition) is 1. The zero-order valence-electron chi connectivity index (χ0n) is 31.0. The summed E-state index contributed by atoms with van der Waals surface area (Å²) in [6.07, 6.45) is 1.96. The van der Waals surface area contributed by atoms with Crippen LogP contribution in [0.4, 0.5) is 0 Å². The quantitative estimate of drug-likeness (QED) is 0.185. The van der Waals surface area contributed by atoms with Crippen LogP contribution in [0.1, 0.15) is 25.0 Å². The van der Waals surface area contributed by atoms with Gasteiger partial charge in [0.1, 0.15) is 0 Å². The van der Waals surface area contributed by atoms with Gasteiger partial charge in [0.25, 0.3) is 0 Å². The van der Waals surface area contributed by atoms with Gasteiger partial charge in [-0.15, -0.1) is 0 Å². The lowest BCUT2D eigenvalue weighted by molar-refractivity contribution is 0.360. The number of nitrogens with one attached hydrogen (secondary N) is 1. The van der Waals surface area contributed by atoms with Crippen molar-refractivity contribution in [2.75, 3.05) is 0 Å². The van der Waals surface area contributed by atoms with Crippen LogP contribution in [0.2, 0.25) is 0 Å². The fourth-order valence-electron chi connectivity index (χ4n) is 8.13. The molecule has 8 aromatic rings. The summed E-state index contributed by atoms with van der Waals surface area (Å²) in [5.41, 5.74) is 9.97. The average molecular weight is 714 g/mol. The van der Waals surface area contributed by atoms with Crippen molar-refractivity contribution in [3.63, 3.8) is 0 Å². The van der Waals surface area contributed by atoms with E-state index in [1.165, 1.54) is 32.6 Å². The number of rotatable bonds is 4. The van der Waals surface area contributed by atoms with Crippen LogP contribution in [0.15, 0.2) is 174 Å². The van der Waals surface area contributed by atoms with Gasteiger partial charge in [0.15, 0.2) is 23.0 Å². The second-order valence-electron chi connectivity index (χ2n) is 14.5. The van der Waals surface area contributed by atoms with Gasteiger partial charge >= 0.3 is 0 Å². The predicted molar refractivity (Wildman–Crippen MR) is 229 cm³/mol. The van der Waals surface area contributed by atoms with Crippen LogP contribution in [0, 0.1) is 10.8 Å². The molecule has 1 aromatic heterocycles. The molecule has 0 bridgehead atoms. The fraction of sp³-hybridized carbons (Fsp3) is 0.0800. The second-order valence-corrected chi connectivity index (χ2v) is 14.5. The Morgan fingerprint density at radius 3 is 1.95 bits per heavy atom. The van der Waals surface area contributed by atoms with Gasteiger partial charge in [-0.2, -0.15) is 0 Å². The molecule has 0 fully saturated rings. The minimum absolute atomic E-state index is 0.287. The summed E-state index contributed by atoms with van der Waals surface area (Å²) in [7, 11) is 2.14. The van der Waals surface area contributed by atoms with Crippen LogP contribution in [0.25, 0.3) is 55.0 Å². The lowest BCUT2D eigenvalue weighted by Crippen LogP contribution is -2.16. The number of aromatic nitrogens is 1. The van der Waals surface area contributed by atoms with Crippen molar-refractivity contribution >= 4 is 56.3 Å². The highest BCUT2D eigenvalue weighted by Crippen LogP contribution is 2.50. The molecular formula is C50H39N3O2. The summed E-state index contributed by atoms with van der Waals surface area (Å²) in [4.78, 5) is 4.27. The number of nitrogens with zero attached hydrogens (tertiary/aromatic N) is 2. The Kier molecular flexibility index (Phi) is 8.28. The largest absolute Gasteiger partial charge is 0.450 e. The molecule has 266 valence electrons. The zero-order valence-corrected chi connectivity index (χ0v) is 31.0. The Labute approximate surface area is 320 Å². The van der Waals surface area contributed by atoms with Crippen molar-refractivity contribution in [3.8, 4) is 34.1 Å². The van der Waals surface area contributed by atoms with E-state index in [1.807, 2.05) is 84.9 Å². The highest BCUT2D eigenvalue weighted by Gasteiger charge is 2.38. The summed E-state index contributed by atoms with van der Waals surface area (Å²) >= 11 is 0. The number of benzene rings is 7. The number of aryl methyl sites for hydroxylation is 1. The topological polar surface area (TPSA) is 59.6 Å². The molecule has 0 amide bonds. The molecule has 7 aromatic carbocycles. The van der Waals surface area contributed by atoms with E-state index in [0.29, 0.717) is 5.71 Å². The lowest BCUT2D eigenvalue weighted by atomic mass is 9.77. The number of fused-ring (bicyclic) bond motifs is 7. The van der Waals surface area contributed by atoms with Crippen LogP contribution in [0.5, 0.6) is 23.0 Å². The van der Waals surface area contributed by atoms with Crippen LogP contribution in [-0.4, -0.2) is 17.0 Å². The third-order valence-electron chi connectivity index (χ3n) is 10.8. The third kappa shape index (κ3) is 5.81. The predicted octanol–water partition coefficient (Wildman–Crippen LogP) is 13.3. The molecule has 0 saturated heterocycles. The number of ether oxygens (including phenoxy) is 2. The number of hydrogen-bond acceptors (Lipinski definition) is 4. The van der Waals surface area contributed by atoms with E-state index < -0.39 is 0 Å². The molecule has 5 nitrogen and oxygen atoms in total. The summed E-state index contributed by atoms with van der Waals surface area (Å²) in [5.74, 6) is 2.97. The van der Waals surface area contributed by atoms with Crippen molar-refractivity contribution in [3.05, 3.63) is 181 Å². The van der Waals surface area contributed by atoms with Crippen LogP contribution < -0.4 is 9.47 Å². The lowest BCUT2D eigenvalue weighted by Gasteiger charge is -2.26. The molecule has 1 aliphatic carbocycles. The first-order valence-corrected chi connectivity index (χ1v) is 18.4. The van der Waals surface area contributed by atoms with E-state index in [9.17, 15) is 0 Å². The molecule has 0 atom stereocenters. The second kappa shape index (κ2) is 13.5. The molecule has 2 heterocycles. The Morgan fingerprint density at radius 2 is 1.20 bits per heavy atom. The van der Waals surface area contributed by atoms with Crippen molar-refractivity contribution in [1.29, 1.82) is 5.41 Å². The third-order valence-corrected chi connectivity index (χ3v) is 10.8. The van der Waals surface area contributed by atoms with Gasteiger partial charge in [0.2, 0.25) is 0 Å². The SMILES string of the molecule is C=N/C(=C1\C(=N)C=C(c2ccccc2)C1(C)C)c1ccccc1.Cn1c2ccc(-c3ccc4c(c3)Oc3ccccc3O4)cc2c2c3ccccc3ccc21. The van der Waals surface area contributed by atoms with Crippen molar-refractivity contribution in [1.82, 2.24) is 4.57 Å². The maximum absolute atomic E-state index is 8.50. The monoisotopic (exact) mass is 713 g/mol. The van der Waals surface area contributed by atoms with Crippen molar-refractivity contribution < 1.29 is 9.47 Å². The maximum atomic E-state index is 8.50. The molecule has 10 rings (SSSR count). The smallest absolute Gasteiger partial charge is 0.170 e. The Balaban J connectivity index is 0.000000153. The first-order valence-electron chi connectivity index (χ1n) is 18.4. The summed E-state index contributed by atoms with van der Waals surface area (Å²) in [6.45, 7) is 8.05. The van der Waals surface area contributed by atoms with E-state index in [4.69, 9.17) is 14.9 Å². The van der Waals surface area contributed by atoms with Gasteiger partial charge in [0, 0.05) is 45.4 Å². The Bertz CT molecular complexity index is 2880. The highest BCUT2D eigenvalue weighted by atomic mass is 16.6. The van der Waals surface area contributed by atoms with Gasteiger partial charge in [-0.05, 0) is 88.3 Å². The Hall–Kier alpha value is -6.98. The van der Waals surface area contributed by atoms with Gasteiger partial charge in [0.05, 0.1) is 11.4 Å². The summed E-state index contributed by atoms with van der Waals surface area (Å²) in [6, 6.07) is 53.8. The standard InChI is InChI=1S/C29H19NO2.C21H20N2/c1-30-23-13-11-19(16-22(23)29-21-7-3-2-6-18(21)10-14-24(29)30)20-12-15-27-28(17-20)32-26-9-5-4-8-25(26)31-27;1-21(2)17(15-10-6-4-7-11-15)14-18(22)19(21)20(23-3)16-12-8-5-9-13-16/h2-17H,1H3;4-14,22H,3H2,1-2H3/b;20-19+,22-18?. The van der Waals surface area contributed by atoms with E-state index >= 15 is 0 Å². The van der Waals surface area contributed by atoms with Crippen LogP contribution >= 0.6 is 0 Å². The highest BCUT2D eigenvalue weighted by molar-refractivity contribution is 6.22. The van der Waals surface area contributed by atoms with Crippen LogP contribution in [-0.2, 0) is 7.05 Å². The molecule has 0 radical (unpaired) electrons. The van der Waals surface area contributed by atoms with Gasteiger partial charge in [-0.3, -0.25) is 4.99 Å². The maximum Gasteiger partial charge on any atom is 0.170 e. The molecule has 55 heavy (non-hydrogen) atoms. The van der Waals surface area contributed by atoms with E-state index in [2.05, 4.69) is 116 Å². The van der Waals surface area contributed by atoms with E-state index in [1.54, 1.807) is 0 Å². The average Bonchev–Trinajstić information content (AvgIpc) is 3.65. The minimum Gasteiger partial charge on any atom is -0.450 e. The van der Waals surface area contributed by atoms with Crippen molar-refractivity contribution in [2.24, 2.45) is 17.5 Å².